The molecule has 0 bridgehead atoms. The second kappa shape index (κ2) is 9.94. The highest BCUT2D eigenvalue weighted by Crippen LogP contribution is 2.45. The zero-order valence-corrected chi connectivity index (χ0v) is 22.2. The van der Waals surface area contributed by atoms with Crippen LogP contribution < -0.4 is 9.47 Å². The normalized spacial score (nSPS) is 16.2. The Morgan fingerprint density at radius 3 is 2.38 bits per heavy atom. The molecule has 1 N–H and O–H groups in total. The number of benzene rings is 3. The SMILES string of the molecule is COc1cc([C@H](c2c[nH]c3ccccc23)C2C(=O)OC(C)(C)OC2=O)cc(Br)c1OCc1ccccc1. The third kappa shape index (κ3) is 4.93. The minimum Gasteiger partial charge on any atom is -0.493 e. The van der Waals surface area contributed by atoms with Gasteiger partial charge >= 0.3 is 11.9 Å². The van der Waals surface area contributed by atoms with Gasteiger partial charge in [-0.2, -0.15) is 0 Å². The van der Waals surface area contributed by atoms with Crippen LogP contribution in [0.1, 0.15) is 36.5 Å². The van der Waals surface area contributed by atoms with Crippen LogP contribution >= 0.6 is 15.9 Å². The van der Waals surface area contributed by atoms with Gasteiger partial charge in [-0.05, 0) is 50.8 Å². The van der Waals surface area contributed by atoms with Crippen LogP contribution in [0, 0.1) is 5.92 Å². The van der Waals surface area contributed by atoms with E-state index in [1.54, 1.807) is 13.2 Å². The molecule has 37 heavy (non-hydrogen) atoms. The van der Waals surface area contributed by atoms with E-state index in [9.17, 15) is 9.59 Å². The highest BCUT2D eigenvalue weighted by molar-refractivity contribution is 9.10. The smallest absolute Gasteiger partial charge is 0.324 e. The van der Waals surface area contributed by atoms with Crippen molar-refractivity contribution in [1.82, 2.24) is 4.98 Å². The molecule has 190 valence electrons. The highest BCUT2D eigenvalue weighted by atomic mass is 79.9. The van der Waals surface area contributed by atoms with E-state index in [0.717, 1.165) is 22.0 Å². The van der Waals surface area contributed by atoms with Gasteiger partial charge in [0.2, 0.25) is 0 Å². The molecule has 2 heterocycles. The lowest BCUT2D eigenvalue weighted by molar-refractivity contribution is -0.240. The molecule has 3 aromatic carbocycles. The van der Waals surface area contributed by atoms with Crippen LogP contribution in [-0.4, -0.2) is 29.8 Å². The molecule has 1 aliphatic heterocycles. The monoisotopic (exact) mass is 563 g/mol. The predicted octanol–water partition coefficient (Wildman–Crippen LogP) is 6.10. The van der Waals surface area contributed by atoms with Gasteiger partial charge in [0.1, 0.15) is 6.61 Å². The van der Waals surface area contributed by atoms with E-state index in [2.05, 4.69) is 20.9 Å². The Morgan fingerprint density at radius 2 is 1.68 bits per heavy atom. The first-order valence-corrected chi connectivity index (χ1v) is 12.6. The largest absolute Gasteiger partial charge is 0.493 e. The van der Waals surface area contributed by atoms with Gasteiger partial charge < -0.3 is 23.9 Å². The number of carbonyl (C=O) groups excluding carboxylic acids is 2. The molecule has 1 aromatic heterocycles. The van der Waals surface area contributed by atoms with Crippen molar-refractivity contribution >= 4 is 38.8 Å². The third-order valence-electron chi connectivity index (χ3n) is 6.33. The number of aromatic amines is 1. The summed E-state index contributed by atoms with van der Waals surface area (Å²) in [4.78, 5) is 29.7. The minimum absolute atomic E-state index is 0.345. The quantitative estimate of drug-likeness (QED) is 0.216. The number of cyclic esters (lactones) is 2. The molecule has 1 fully saturated rings. The van der Waals surface area contributed by atoms with Gasteiger partial charge in [0.25, 0.3) is 5.79 Å². The Labute approximate surface area is 222 Å². The van der Waals surface area contributed by atoms with Gasteiger partial charge in [0.05, 0.1) is 11.6 Å². The Balaban J connectivity index is 1.60. The molecule has 0 spiro atoms. The number of ether oxygens (including phenoxy) is 4. The number of aromatic nitrogens is 1. The Kier molecular flexibility index (Phi) is 6.69. The molecular weight excluding hydrogens is 538 g/mol. The molecule has 1 atom stereocenters. The third-order valence-corrected chi connectivity index (χ3v) is 6.92. The lowest BCUT2D eigenvalue weighted by Gasteiger charge is -2.36. The molecule has 1 aliphatic rings. The number of nitrogens with one attached hydrogen (secondary N) is 1. The van der Waals surface area contributed by atoms with Crippen LogP contribution in [0.2, 0.25) is 0 Å². The number of esters is 2. The second-order valence-electron chi connectivity index (χ2n) is 9.30. The van der Waals surface area contributed by atoms with E-state index in [1.807, 2.05) is 66.9 Å². The fourth-order valence-corrected chi connectivity index (χ4v) is 5.27. The van der Waals surface area contributed by atoms with Crippen molar-refractivity contribution < 1.29 is 28.5 Å². The average molecular weight is 564 g/mol. The van der Waals surface area contributed by atoms with Crippen molar-refractivity contribution in [3.63, 3.8) is 0 Å². The van der Waals surface area contributed by atoms with Gasteiger partial charge in [-0.3, -0.25) is 9.59 Å². The topological polar surface area (TPSA) is 86.9 Å². The summed E-state index contributed by atoms with van der Waals surface area (Å²) in [5, 5.41) is 0.887. The van der Waals surface area contributed by atoms with Crippen LogP contribution in [0.3, 0.4) is 0 Å². The summed E-state index contributed by atoms with van der Waals surface area (Å²) in [6, 6.07) is 21.1. The second-order valence-corrected chi connectivity index (χ2v) is 10.1. The Morgan fingerprint density at radius 1 is 1.00 bits per heavy atom. The molecule has 0 aliphatic carbocycles. The summed E-state index contributed by atoms with van der Waals surface area (Å²) in [5.41, 5.74) is 3.32. The predicted molar refractivity (Wildman–Crippen MR) is 141 cm³/mol. The van der Waals surface area contributed by atoms with Crippen molar-refractivity contribution in [2.45, 2.75) is 32.2 Å². The molecule has 1 saturated heterocycles. The van der Waals surface area contributed by atoms with Crippen molar-refractivity contribution in [3.8, 4) is 11.5 Å². The molecule has 7 nitrogen and oxygen atoms in total. The van der Waals surface area contributed by atoms with Crippen LogP contribution in [-0.2, 0) is 25.7 Å². The molecule has 0 unspecified atom stereocenters. The van der Waals surface area contributed by atoms with Crippen molar-refractivity contribution in [2.24, 2.45) is 5.92 Å². The minimum atomic E-state index is -1.33. The number of H-pyrrole nitrogens is 1. The Hall–Kier alpha value is -3.78. The van der Waals surface area contributed by atoms with Crippen LogP contribution in [0.4, 0.5) is 0 Å². The van der Waals surface area contributed by atoms with Crippen molar-refractivity contribution in [1.29, 1.82) is 0 Å². The lowest BCUT2D eigenvalue weighted by atomic mass is 9.80. The highest BCUT2D eigenvalue weighted by Gasteiger charge is 2.49. The van der Waals surface area contributed by atoms with E-state index < -0.39 is 29.6 Å². The summed E-state index contributed by atoms with van der Waals surface area (Å²) in [7, 11) is 1.55. The van der Waals surface area contributed by atoms with Gasteiger partial charge in [-0.15, -0.1) is 0 Å². The molecule has 0 amide bonds. The number of para-hydroxylation sites is 1. The van der Waals surface area contributed by atoms with Gasteiger partial charge in [-0.1, -0.05) is 48.5 Å². The summed E-state index contributed by atoms with van der Waals surface area (Å²) in [6.45, 7) is 3.42. The van der Waals surface area contributed by atoms with E-state index in [-0.39, 0.29) is 0 Å². The number of fused-ring (bicyclic) bond motifs is 1. The lowest BCUT2D eigenvalue weighted by Crippen LogP contribution is -2.48. The maximum Gasteiger partial charge on any atom is 0.324 e. The molecule has 8 heteroatoms. The van der Waals surface area contributed by atoms with Crippen LogP contribution in [0.5, 0.6) is 11.5 Å². The van der Waals surface area contributed by atoms with E-state index in [0.29, 0.717) is 28.1 Å². The standard InChI is InChI=1S/C29H26BrNO6/c1-29(2)36-27(32)25(28(33)37-29)24(20-15-31-22-12-8-7-11-19(20)22)18-13-21(30)26(23(14-18)34-3)35-16-17-9-5-4-6-10-17/h4-15,24-25,31H,16H2,1-3H3/t24-/m1/s1. The maximum atomic E-state index is 13.2. The van der Waals surface area contributed by atoms with Crippen LogP contribution in [0.25, 0.3) is 10.9 Å². The van der Waals surface area contributed by atoms with Crippen LogP contribution in [0.15, 0.2) is 77.4 Å². The number of rotatable bonds is 7. The number of methoxy groups -OCH3 is 1. The number of hydrogen-bond donors (Lipinski definition) is 1. The summed E-state index contributed by atoms with van der Waals surface area (Å²) >= 11 is 3.62. The zero-order valence-electron chi connectivity index (χ0n) is 20.6. The average Bonchev–Trinajstić information content (AvgIpc) is 3.29. The molecule has 0 radical (unpaired) electrons. The first-order valence-electron chi connectivity index (χ1n) is 11.8. The van der Waals surface area contributed by atoms with E-state index in [1.165, 1.54) is 13.8 Å². The van der Waals surface area contributed by atoms with Crippen molar-refractivity contribution in [3.05, 3.63) is 94.1 Å². The summed E-state index contributed by atoms with van der Waals surface area (Å²) in [5.74, 6) is -3.55. The maximum absolute atomic E-state index is 13.2. The van der Waals surface area contributed by atoms with Gasteiger partial charge in [0, 0.05) is 36.9 Å². The number of carbonyl (C=O) groups is 2. The molecule has 0 saturated carbocycles. The van der Waals surface area contributed by atoms with Gasteiger partial charge in [0.15, 0.2) is 17.4 Å². The Bertz CT molecular complexity index is 1440. The molecular formula is C29H26BrNO6. The number of halogens is 1. The fraction of sp³-hybridized carbons (Fsp3) is 0.241. The van der Waals surface area contributed by atoms with E-state index >= 15 is 0 Å². The summed E-state index contributed by atoms with van der Waals surface area (Å²) in [6.07, 6.45) is 1.82. The first kappa shape index (κ1) is 24.9. The number of hydrogen-bond acceptors (Lipinski definition) is 6. The fourth-order valence-electron chi connectivity index (χ4n) is 4.69. The molecule has 5 rings (SSSR count). The van der Waals surface area contributed by atoms with E-state index in [4.69, 9.17) is 18.9 Å². The first-order chi connectivity index (χ1) is 17.8. The molecule has 4 aromatic rings. The van der Waals surface area contributed by atoms with Crippen molar-refractivity contribution in [2.75, 3.05) is 7.11 Å². The zero-order chi connectivity index (χ0) is 26.2. The van der Waals surface area contributed by atoms with Gasteiger partial charge in [-0.25, -0.2) is 0 Å². The summed E-state index contributed by atoms with van der Waals surface area (Å²) < 4.78 is 23.4.